The predicted octanol–water partition coefficient (Wildman–Crippen LogP) is 2.50. The second kappa shape index (κ2) is 9.19. The van der Waals surface area contributed by atoms with Gasteiger partial charge in [-0.3, -0.25) is 14.6 Å². The van der Waals surface area contributed by atoms with Crippen LogP contribution in [-0.2, 0) is 11.3 Å². The van der Waals surface area contributed by atoms with Gasteiger partial charge in [0.15, 0.2) is 0 Å². The maximum atomic E-state index is 12.0. The van der Waals surface area contributed by atoms with Gasteiger partial charge >= 0.3 is 0 Å². The predicted molar refractivity (Wildman–Crippen MR) is 97.7 cm³/mol. The number of nitrogens with one attached hydrogen (secondary N) is 1. The lowest BCUT2D eigenvalue weighted by atomic mass is 10.0. The molecule has 0 aromatic heterocycles. The summed E-state index contributed by atoms with van der Waals surface area (Å²) < 4.78 is 0. The first-order chi connectivity index (χ1) is 11.8. The molecule has 0 atom stereocenters. The van der Waals surface area contributed by atoms with Crippen LogP contribution in [0.3, 0.4) is 0 Å². The molecular weight excluding hydrogens is 298 g/mol. The van der Waals surface area contributed by atoms with Crippen molar-refractivity contribution in [2.45, 2.75) is 38.6 Å². The van der Waals surface area contributed by atoms with E-state index in [0.717, 1.165) is 52.2 Å². The summed E-state index contributed by atoms with van der Waals surface area (Å²) in [7, 11) is 0. The molecule has 0 spiro atoms. The summed E-state index contributed by atoms with van der Waals surface area (Å²) in [4.78, 5) is 16.9. The first-order valence-corrected chi connectivity index (χ1v) is 9.55. The molecule has 132 valence electrons. The monoisotopic (exact) mass is 329 g/mol. The first kappa shape index (κ1) is 17.4. The van der Waals surface area contributed by atoms with Crippen molar-refractivity contribution in [2.75, 3.05) is 39.3 Å². The molecule has 1 saturated heterocycles. The number of amides is 1. The second-order valence-electron chi connectivity index (χ2n) is 7.31. The van der Waals surface area contributed by atoms with Crippen LogP contribution in [0.2, 0.25) is 0 Å². The van der Waals surface area contributed by atoms with Gasteiger partial charge in [0, 0.05) is 52.2 Å². The van der Waals surface area contributed by atoms with Crippen molar-refractivity contribution in [3.63, 3.8) is 0 Å². The molecule has 0 bridgehead atoms. The van der Waals surface area contributed by atoms with E-state index in [1.165, 1.54) is 31.2 Å². The van der Waals surface area contributed by atoms with Crippen molar-refractivity contribution >= 4 is 5.91 Å². The Bertz CT molecular complexity index is 491. The van der Waals surface area contributed by atoms with Crippen LogP contribution in [0, 0.1) is 5.92 Å². The third-order valence-corrected chi connectivity index (χ3v) is 5.41. The maximum absolute atomic E-state index is 12.0. The number of carbonyl (C=O) groups is 1. The molecule has 24 heavy (non-hydrogen) atoms. The molecule has 1 amide bonds. The van der Waals surface area contributed by atoms with E-state index in [2.05, 4.69) is 45.4 Å². The number of rotatable bonds is 7. The van der Waals surface area contributed by atoms with Crippen LogP contribution >= 0.6 is 0 Å². The van der Waals surface area contributed by atoms with Crippen molar-refractivity contribution < 1.29 is 4.79 Å². The molecule has 1 N–H and O–H groups in total. The molecule has 1 saturated carbocycles. The van der Waals surface area contributed by atoms with Crippen LogP contribution in [-0.4, -0.2) is 55.0 Å². The fourth-order valence-electron chi connectivity index (χ4n) is 3.91. The number of nitrogens with zero attached hydrogens (tertiary/aromatic N) is 2. The summed E-state index contributed by atoms with van der Waals surface area (Å²) in [5, 5.41) is 3.11. The molecule has 0 unspecified atom stereocenters. The Hall–Kier alpha value is -1.39. The third kappa shape index (κ3) is 5.60. The minimum Gasteiger partial charge on any atom is -0.355 e. The van der Waals surface area contributed by atoms with Gasteiger partial charge in [-0.15, -0.1) is 0 Å². The Kier molecular flexibility index (Phi) is 6.67. The standard InChI is InChI=1S/C20H31N3O/c24-20(16-18-6-4-5-7-18)21-10-11-22-12-14-23(15-13-22)17-19-8-2-1-3-9-19/h1-3,8-9,18H,4-7,10-17H2,(H,21,24). The van der Waals surface area contributed by atoms with Crippen molar-refractivity contribution in [3.8, 4) is 0 Å². The summed E-state index contributed by atoms with van der Waals surface area (Å²) in [6.07, 6.45) is 5.86. The van der Waals surface area contributed by atoms with Crippen molar-refractivity contribution in [3.05, 3.63) is 35.9 Å². The minimum atomic E-state index is 0.254. The molecule has 3 rings (SSSR count). The van der Waals surface area contributed by atoms with Gasteiger partial charge in [0.05, 0.1) is 0 Å². The number of hydrogen-bond acceptors (Lipinski definition) is 3. The zero-order chi connectivity index (χ0) is 16.6. The van der Waals surface area contributed by atoms with Gasteiger partial charge in [-0.05, 0) is 24.3 Å². The number of benzene rings is 1. The minimum absolute atomic E-state index is 0.254. The van der Waals surface area contributed by atoms with Crippen LogP contribution < -0.4 is 5.32 Å². The Morgan fingerprint density at radius 2 is 1.67 bits per heavy atom. The molecule has 1 heterocycles. The van der Waals surface area contributed by atoms with Gasteiger partial charge in [0.25, 0.3) is 0 Å². The number of hydrogen-bond donors (Lipinski definition) is 1. The van der Waals surface area contributed by atoms with Crippen LogP contribution in [0.5, 0.6) is 0 Å². The molecule has 4 nitrogen and oxygen atoms in total. The summed E-state index contributed by atoms with van der Waals surface area (Å²) in [5.41, 5.74) is 1.39. The molecule has 4 heteroatoms. The average Bonchev–Trinajstić information content (AvgIpc) is 3.10. The lowest BCUT2D eigenvalue weighted by Crippen LogP contribution is -2.48. The summed E-state index contributed by atoms with van der Waals surface area (Å²) in [5.74, 6) is 0.899. The van der Waals surface area contributed by atoms with Crippen molar-refractivity contribution in [1.82, 2.24) is 15.1 Å². The Balaban J connectivity index is 1.27. The van der Waals surface area contributed by atoms with E-state index in [9.17, 15) is 4.79 Å². The molecule has 1 aliphatic carbocycles. The fourth-order valence-corrected chi connectivity index (χ4v) is 3.91. The molecule has 2 aliphatic rings. The molecule has 0 radical (unpaired) electrons. The highest BCUT2D eigenvalue weighted by molar-refractivity contribution is 5.76. The fraction of sp³-hybridized carbons (Fsp3) is 0.650. The second-order valence-corrected chi connectivity index (χ2v) is 7.31. The third-order valence-electron chi connectivity index (χ3n) is 5.41. The lowest BCUT2D eigenvalue weighted by Gasteiger charge is -2.34. The largest absolute Gasteiger partial charge is 0.355 e. The van der Waals surface area contributed by atoms with E-state index in [1.54, 1.807) is 0 Å². The van der Waals surface area contributed by atoms with Gasteiger partial charge in [-0.1, -0.05) is 43.2 Å². The van der Waals surface area contributed by atoms with E-state index in [0.29, 0.717) is 5.92 Å². The Morgan fingerprint density at radius 3 is 2.38 bits per heavy atom. The molecule has 2 fully saturated rings. The Morgan fingerprint density at radius 1 is 1.00 bits per heavy atom. The van der Waals surface area contributed by atoms with Gasteiger partial charge in [0.1, 0.15) is 0 Å². The lowest BCUT2D eigenvalue weighted by molar-refractivity contribution is -0.122. The number of piperazine rings is 1. The number of carbonyl (C=O) groups excluding carboxylic acids is 1. The van der Waals surface area contributed by atoms with Crippen LogP contribution in [0.25, 0.3) is 0 Å². The first-order valence-electron chi connectivity index (χ1n) is 9.55. The quantitative estimate of drug-likeness (QED) is 0.835. The molecule has 1 aliphatic heterocycles. The Labute approximate surface area is 146 Å². The summed E-state index contributed by atoms with van der Waals surface area (Å²) in [6.45, 7) is 7.26. The zero-order valence-electron chi connectivity index (χ0n) is 14.8. The SMILES string of the molecule is O=C(CC1CCCC1)NCCN1CCN(Cc2ccccc2)CC1. The highest BCUT2D eigenvalue weighted by Gasteiger charge is 2.19. The average molecular weight is 329 g/mol. The topological polar surface area (TPSA) is 35.6 Å². The molecule has 1 aromatic rings. The van der Waals surface area contributed by atoms with Crippen LogP contribution in [0.4, 0.5) is 0 Å². The highest BCUT2D eigenvalue weighted by Crippen LogP contribution is 2.27. The van der Waals surface area contributed by atoms with E-state index in [1.807, 2.05) is 0 Å². The van der Waals surface area contributed by atoms with E-state index in [4.69, 9.17) is 0 Å². The van der Waals surface area contributed by atoms with Gasteiger partial charge in [0.2, 0.25) is 5.91 Å². The molecular formula is C20H31N3O. The summed E-state index contributed by atoms with van der Waals surface area (Å²) in [6, 6.07) is 10.7. The smallest absolute Gasteiger partial charge is 0.220 e. The van der Waals surface area contributed by atoms with Gasteiger partial charge in [-0.25, -0.2) is 0 Å². The zero-order valence-corrected chi connectivity index (χ0v) is 14.8. The van der Waals surface area contributed by atoms with Crippen LogP contribution in [0.15, 0.2) is 30.3 Å². The van der Waals surface area contributed by atoms with Crippen molar-refractivity contribution in [1.29, 1.82) is 0 Å². The van der Waals surface area contributed by atoms with Crippen LogP contribution in [0.1, 0.15) is 37.7 Å². The van der Waals surface area contributed by atoms with Gasteiger partial charge < -0.3 is 5.32 Å². The molecule has 1 aromatic carbocycles. The normalized spacial score (nSPS) is 20.3. The van der Waals surface area contributed by atoms with E-state index in [-0.39, 0.29) is 5.91 Å². The van der Waals surface area contributed by atoms with Gasteiger partial charge in [-0.2, -0.15) is 0 Å². The van der Waals surface area contributed by atoms with Crippen molar-refractivity contribution in [2.24, 2.45) is 5.92 Å². The maximum Gasteiger partial charge on any atom is 0.220 e. The summed E-state index contributed by atoms with van der Waals surface area (Å²) >= 11 is 0. The van der Waals surface area contributed by atoms with E-state index < -0.39 is 0 Å². The highest BCUT2D eigenvalue weighted by atomic mass is 16.1. The van der Waals surface area contributed by atoms with E-state index >= 15 is 0 Å².